The number of hydrogen-bond donors (Lipinski definition) is 1. The van der Waals surface area contributed by atoms with Crippen molar-refractivity contribution in [2.24, 2.45) is 5.73 Å². The van der Waals surface area contributed by atoms with Gasteiger partial charge in [-0.15, -0.1) is 0 Å². The second kappa shape index (κ2) is 6.48. The zero-order valence-corrected chi connectivity index (χ0v) is 10.2. The number of hydrogen-bond acceptors (Lipinski definition) is 2. The van der Waals surface area contributed by atoms with E-state index in [4.69, 9.17) is 5.73 Å². The summed E-state index contributed by atoms with van der Waals surface area (Å²) in [5, 5.41) is 0. The van der Waals surface area contributed by atoms with E-state index in [2.05, 4.69) is 18.7 Å². The summed E-state index contributed by atoms with van der Waals surface area (Å²) in [7, 11) is 0. The van der Waals surface area contributed by atoms with E-state index in [-0.39, 0.29) is 5.82 Å². The van der Waals surface area contributed by atoms with Gasteiger partial charge in [-0.05, 0) is 37.1 Å². The Bertz CT molecular complexity index is 326. The summed E-state index contributed by atoms with van der Waals surface area (Å²) in [6, 6.07) is 5.05. The molecule has 0 heterocycles. The Hall–Kier alpha value is -1.09. The summed E-state index contributed by atoms with van der Waals surface area (Å²) in [4.78, 5) is 2.19. The first-order chi connectivity index (χ1) is 7.71. The van der Waals surface area contributed by atoms with Gasteiger partial charge in [-0.3, -0.25) is 0 Å². The minimum Gasteiger partial charge on any atom is -0.372 e. The lowest BCUT2D eigenvalue weighted by Crippen LogP contribution is -2.24. The minimum absolute atomic E-state index is 0.201. The highest BCUT2D eigenvalue weighted by Gasteiger charge is 2.06. The highest BCUT2D eigenvalue weighted by Crippen LogP contribution is 2.19. The van der Waals surface area contributed by atoms with Crippen LogP contribution < -0.4 is 10.6 Å². The Kier molecular flexibility index (Phi) is 5.26. The molecule has 2 N–H and O–H groups in total. The van der Waals surface area contributed by atoms with Gasteiger partial charge in [0, 0.05) is 25.3 Å². The zero-order chi connectivity index (χ0) is 12.0. The quantitative estimate of drug-likeness (QED) is 0.805. The fraction of sp³-hybridized carbons (Fsp3) is 0.538. The van der Waals surface area contributed by atoms with Crippen LogP contribution in [0.4, 0.5) is 10.1 Å². The van der Waals surface area contributed by atoms with Gasteiger partial charge in [-0.2, -0.15) is 0 Å². The maximum atomic E-state index is 13.4. The molecule has 0 saturated heterocycles. The van der Waals surface area contributed by atoms with E-state index in [0.29, 0.717) is 6.54 Å². The van der Waals surface area contributed by atoms with Gasteiger partial charge >= 0.3 is 0 Å². The van der Waals surface area contributed by atoms with Crippen molar-refractivity contribution in [1.82, 2.24) is 0 Å². The number of rotatable bonds is 6. The summed E-state index contributed by atoms with van der Waals surface area (Å²) < 4.78 is 13.4. The first-order valence-corrected chi connectivity index (χ1v) is 5.95. The van der Waals surface area contributed by atoms with Crippen molar-refractivity contribution in [3.05, 3.63) is 29.6 Å². The van der Waals surface area contributed by atoms with Crippen LogP contribution in [0.3, 0.4) is 0 Å². The van der Waals surface area contributed by atoms with E-state index in [1.165, 1.54) is 6.07 Å². The molecule has 0 spiro atoms. The molecule has 16 heavy (non-hydrogen) atoms. The van der Waals surface area contributed by atoms with Gasteiger partial charge in [0.2, 0.25) is 0 Å². The predicted octanol–water partition coefficient (Wildman–Crippen LogP) is 2.91. The van der Waals surface area contributed by atoms with Crippen LogP contribution in [0.25, 0.3) is 0 Å². The van der Waals surface area contributed by atoms with Crippen LogP contribution in [0, 0.1) is 5.82 Å². The highest BCUT2D eigenvalue weighted by atomic mass is 19.1. The molecule has 0 bridgehead atoms. The third-order valence-corrected chi connectivity index (χ3v) is 2.71. The lowest BCUT2D eigenvalue weighted by molar-refractivity contribution is 0.623. The van der Waals surface area contributed by atoms with Crippen LogP contribution in [-0.4, -0.2) is 13.1 Å². The number of benzene rings is 1. The Morgan fingerprint density at radius 1 is 1.25 bits per heavy atom. The van der Waals surface area contributed by atoms with Crippen LogP contribution in [0.1, 0.15) is 32.3 Å². The second-order valence-electron chi connectivity index (χ2n) is 3.96. The summed E-state index contributed by atoms with van der Waals surface area (Å²) in [6.45, 7) is 6.50. The molecule has 0 unspecified atom stereocenters. The Morgan fingerprint density at radius 3 is 2.56 bits per heavy atom. The maximum Gasteiger partial charge on any atom is 0.125 e. The fourth-order valence-corrected chi connectivity index (χ4v) is 1.75. The first-order valence-electron chi connectivity index (χ1n) is 5.95. The Labute approximate surface area is 97.3 Å². The lowest BCUT2D eigenvalue weighted by atomic mass is 10.1. The highest BCUT2D eigenvalue weighted by molar-refractivity contribution is 5.49. The third-order valence-electron chi connectivity index (χ3n) is 2.71. The molecule has 2 nitrogen and oxygen atoms in total. The van der Waals surface area contributed by atoms with Crippen LogP contribution in [0.2, 0.25) is 0 Å². The molecular weight excluding hydrogens is 203 g/mol. The van der Waals surface area contributed by atoms with Crippen LogP contribution in [0.15, 0.2) is 18.2 Å². The average molecular weight is 224 g/mol. The van der Waals surface area contributed by atoms with Crippen LogP contribution >= 0.6 is 0 Å². The standard InChI is InChI=1S/C13H21FN2/c1-3-5-6-16(4-2)13-8-11(10-15)7-12(14)9-13/h7-9H,3-6,10,15H2,1-2H3. The topological polar surface area (TPSA) is 29.3 Å². The summed E-state index contributed by atoms with van der Waals surface area (Å²) >= 11 is 0. The number of unbranched alkanes of at least 4 members (excludes halogenated alkanes) is 1. The molecule has 0 amide bonds. The van der Waals surface area contributed by atoms with Crippen molar-refractivity contribution in [3.8, 4) is 0 Å². The summed E-state index contributed by atoms with van der Waals surface area (Å²) in [5.41, 5.74) is 7.34. The molecule has 1 rings (SSSR count). The molecule has 0 aromatic heterocycles. The maximum absolute atomic E-state index is 13.4. The first kappa shape index (κ1) is 13.0. The molecule has 0 aliphatic rings. The normalized spacial score (nSPS) is 10.5. The van der Waals surface area contributed by atoms with E-state index in [1.807, 2.05) is 6.07 Å². The van der Waals surface area contributed by atoms with Gasteiger partial charge < -0.3 is 10.6 Å². The number of nitrogens with zero attached hydrogens (tertiary/aromatic N) is 1. The summed E-state index contributed by atoms with van der Waals surface area (Å²) in [5.74, 6) is -0.201. The van der Waals surface area contributed by atoms with Crippen molar-refractivity contribution in [2.75, 3.05) is 18.0 Å². The van der Waals surface area contributed by atoms with Crippen LogP contribution in [-0.2, 0) is 6.54 Å². The smallest absolute Gasteiger partial charge is 0.125 e. The Balaban J connectivity index is 2.86. The molecule has 0 fully saturated rings. The summed E-state index contributed by atoms with van der Waals surface area (Å²) in [6.07, 6.45) is 2.28. The average Bonchev–Trinajstić information content (AvgIpc) is 2.29. The van der Waals surface area contributed by atoms with Gasteiger partial charge in [-0.1, -0.05) is 13.3 Å². The van der Waals surface area contributed by atoms with Crippen LogP contribution in [0.5, 0.6) is 0 Å². The monoisotopic (exact) mass is 224 g/mol. The van der Waals surface area contributed by atoms with Gasteiger partial charge in [0.15, 0.2) is 0 Å². The largest absolute Gasteiger partial charge is 0.372 e. The van der Waals surface area contributed by atoms with Crippen molar-refractivity contribution in [2.45, 2.75) is 33.2 Å². The van der Waals surface area contributed by atoms with E-state index in [9.17, 15) is 4.39 Å². The van der Waals surface area contributed by atoms with Gasteiger partial charge in [0.25, 0.3) is 0 Å². The molecule has 90 valence electrons. The second-order valence-corrected chi connectivity index (χ2v) is 3.96. The Morgan fingerprint density at radius 2 is 2.00 bits per heavy atom. The molecule has 0 atom stereocenters. The van der Waals surface area contributed by atoms with E-state index < -0.39 is 0 Å². The SMILES string of the molecule is CCCCN(CC)c1cc(F)cc(CN)c1. The van der Waals surface area contributed by atoms with Crippen molar-refractivity contribution < 1.29 is 4.39 Å². The molecule has 0 aliphatic heterocycles. The van der Waals surface area contributed by atoms with Crippen molar-refractivity contribution in [1.29, 1.82) is 0 Å². The molecule has 0 radical (unpaired) electrons. The van der Waals surface area contributed by atoms with E-state index >= 15 is 0 Å². The van der Waals surface area contributed by atoms with E-state index in [0.717, 1.165) is 37.2 Å². The fourth-order valence-electron chi connectivity index (χ4n) is 1.75. The minimum atomic E-state index is -0.201. The molecule has 0 saturated carbocycles. The zero-order valence-electron chi connectivity index (χ0n) is 10.2. The lowest BCUT2D eigenvalue weighted by Gasteiger charge is -2.23. The number of anilines is 1. The van der Waals surface area contributed by atoms with Gasteiger partial charge in [-0.25, -0.2) is 4.39 Å². The van der Waals surface area contributed by atoms with E-state index in [1.54, 1.807) is 6.07 Å². The van der Waals surface area contributed by atoms with Crippen molar-refractivity contribution >= 4 is 5.69 Å². The number of halogens is 1. The van der Waals surface area contributed by atoms with Crippen molar-refractivity contribution in [3.63, 3.8) is 0 Å². The number of nitrogens with two attached hydrogens (primary N) is 1. The molecule has 1 aromatic rings. The molecule has 3 heteroatoms. The van der Waals surface area contributed by atoms with Gasteiger partial charge in [0.05, 0.1) is 0 Å². The molecule has 0 aliphatic carbocycles. The molecule has 1 aromatic carbocycles. The molecular formula is C13H21FN2. The third kappa shape index (κ3) is 3.49. The predicted molar refractivity (Wildman–Crippen MR) is 67.1 cm³/mol. The van der Waals surface area contributed by atoms with Gasteiger partial charge in [0.1, 0.15) is 5.82 Å².